The second-order valence-electron chi connectivity index (χ2n) is 9.09. The van der Waals surface area contributed by atoms with E-state index in [1.165, 1.54) is 25.7 Å². The van der Waals surface area contributed by atoms with Crippen molar-refractivity contribution >= 4 is 17.5 Å². The Labute approximate surface area is 178 Å². The first kappa shape index (κ1) is 20.8. The maximum atomic E-state index is 13.0. The van der Waals surface area contributed by atoms with Gasteiger partial charge < -0.3 is 16.0 Å². The van der Waals surface area contributed by atoms with E-state index in [1.807, 2.05) is 12.1 Å². The minimum absolute atomic E-state index is 0.113. The fourth-order valence-electron chi connectivity index (χ4n) is 5.02. The first-order valence-corrected chi connectivity index (χ1v) is 11.3. The molecule has 162 valence electrons. The van der Waals surface area contributed by atoms with E-state index >= 15 is 0 Å². The van der Waals surface area contributed by atoms with E-state index in [-0.39, 0.29) is 17.9 Å². The summed E-state index contributed by atoms with van der Waals surface area (Å²) < 4.78 is 1.72. The Morgan fingerprint density at radius 1 is 1.20 bits per heavy atom. The summed E-state index contributed by atoms with van der Waals surface area (Å²) in [4.78, 5) is 30.0. The predicted molar refractivity (Wildman–Crippen MR) is 117 cm³/mol. The number of aromatic nitrogens is 2. The van der Waals surface area contributed by atoms with E-state index in [0.29, 0.717) is 41.3 Å². The normalized spacial score (nSPS) is 24.3. The Kier molecular flexibility index (Phi) is 6.37. The van der Waals surface area contributed by atoms with Gasteiger partial charge in [-0.25, -0.2) is 4.98 Å². The van der Waals surface area contributed by atoms with E-state index < -0.39 is 0 Å². The molecule has 4 rings (SSSR count). The summed E-state index contributed by atoms with van der Waals surface area (Å²) in [7, 11) is 0. The molecule has 7 heteroatoms. The van der Waals surface area contributed by atoms with Gasteiger partial charge in [-0.1, -0.05) is 32.8 Å². The molecule has 1 saturated carbocycles. The van der Waals surface area contributed by atoms with Gasteiger partial charge in [-0.3, -0.25) is 14.0 Å². The fourth-order valence-corrected chi connectivity index (χ4v) is 5.02. The first-order valence-electron chi connectivity index (χ1n) is 11.3. The van der Waals surface area contributed by atoms with Crippen molar-refractivity contribution in [1.82, 2.24) is 25.3 Å². The van der Waals surface area contributed by atoms with Gasteiger partial charge in [-0.05, 0) is 55.7 Å². The van der Waals surface area contributed by atoms with Gasteiger partial charge in [-0.2, -0.15) is 0 Å². The Balaban J connectivity index is 1.46. The quantitative estimate of drug-likeness (QED) is 0.682. The van der Waals surface area contributed by atoms with Crippen molar-refractivity contribution in [3.05, 3.63) is 35.8 Å². The minimum atomic E-state index is -0.194. The molecule has 3 heterocycles. The third-order valence-electron chi connectivity index (χ3n) is 6.70. The zero-order valence-electron chi connectivity index (χ0n) is 18.0. The molecular weight excluding hydrogens is 378 g/mol. The molecule has 0 bridgehead atoms. The number of carbonyl (C=O) groups is 2. The van der Waals surface area contributed by atoms with Gasteiger partial charge in [-0.15, -0.1) is 0 Å². The molecule has 2 aromatic heterocycles. The highest BCUT2D eigenvalue weighted by Crippen LogP contribution is 2.34. The van der Waals surface area contributed by atoms with Crippen LogP contribution in [0.25, 0.3) is 5.65 Å². The van der Waals surface area contributed by atoms with Gasteiger partial charge >= 0.3 is 0 Å². The van der Waals surface area contributed by atoms with Gasteiger partial charge in [0.25, 0.3) is 11.8 Å². The molecule has 2 unspecified atom stereocenters. The smallest absolute Gasteiger partial charge is 0.271 e. The molecule has 0 spiro atoms. The summed E-state index contributed by atoms with van der Waals surface area (Å²) >= 11 is 0. The number of hydrogen-bond donors (Lipinski definition) is 3. The average molecular weight is 412 g/mol. The highest BCUT2D eigenvalue weighted by molar-refractivity contribution is 5.95. The molecule has 1 aliphatic heterocycles. The lowest BCUT2D eigenvalue weighted by Gasteiger charge is -2.34. The Hall–Kier alpha value is -2.41. The molecule has 3 atom stereocenters. The molecular formula is C23H33N5O2. The van der Waals surface area contributed by atoms with Crippen LogP contribution in [0.1, 0.15) is 66.9 Å². The van der Waals surface area contributed by atoms with E-state index in [9.17, 15) is 9.59 Å². The number of imidazole rings is 1. The molecule has 2 aromatic rings. The van der Waals surface area contributed by atoms with Crippen LogP contribution in [0.5, 0.6) is 0 Å². The van der Waals surface area contributed by atoms with Crippen molar-refractivity contribution in [3.63, 3.8) is 0 Å². The van der Waals surface area contributed by atoms with Crippen LogP contribution in [0.2, 0.25) is 0 Å². The maximum Gasteiger partial charge on any atom is 0.271 e. The van der Waals surface area contributed by atoms with Crippen LogP contribution in [-0.4, -0.2) is 46.9 Å². The van der Waals surface area contributed by atoms with E-state index in [0.717, 1.165) is 19.5 Å². The number of rotatable bonds is 6. The second kappa shape index (κ2) is 9.16. The maximum absolute atomic E-state index is 13.0. The van der Waals surface area contributed by atoms with E-state index in [2.05, 4.69) is 34.8 Å². The predicted octanol–water partition coefficient (Wildman–Crippen LogP) is 2.62. The van der Waals surface area contributed by atoms with Crippen LogP contribution < -0.4 is 16.0 Å². The van der Waals surface area contributed by atoms with Gasteiger partial charge in [0.2, 0.25) is 0 Å². The fraction of sp³-hybridized carbons (Fsp3) is 0.609. The third kappa shape index (κ3) is 4.51. The lowest BCUT2D eigenvalue weighted by atomic mass is 9.73. The zero-order chi connectivity index (χ0) is 21.1. The van der Waals surface area contributed by atoms with Crippen molar-refractivity contribution < 1.29 is 9.59 Å². The number of hydrogen-bond acceptors (Lipinski definition) is 4. The minimum Gasteiger partial charge on any atom is -0.350 e. The lowest BCUT2D eigenvalue weighted by Crippen LogP contribution is -2.36. The summed E-state index contributed by atoms with van der Waals surface area (Å²) in [5, 5.41) is 9.39. The summed E-state index contributed by atoms with van der Waals surface area (Å²) in [5.74, 6) is 1.54. The van der Waals surface area contributed by atoms with Crippen LogP contribution in [-0.2, 0) is 0 Å². The standard InChI is InChI=1S/C23H33N5O2/c1-15(2)18-7-4-3-6-16(18)12-25-23(30)20-8-5-9-21-27-19(14-28(20)21)22(29)26-17-10-11-24-13-17/h5,8-9,14-18,24H,3-4,6-7,10-13H2,1-2H3,(H,25,30)(H,26,29)/t16-,17?,18?/m0/s1. The van der Waals surface area contributed by atoms with Crippen LogP contribution in [0.4, 0.5) is 0 Å². The Bertz CT molecular complexity index is 900. The van der Waals surface area contributed by atoms with Gasteiger partial charge in [0, 0.05) is 25.3 Å². The van der Waals surface area contributed by atoms with Crippen LogP contribution in [0.3, 0.4) is 0 Å². The Morgan fingerprint density at radius 2 is 2.03 bits per heavy atom. The molecule has 2 fully saturated rings. The topological polar surface area (TPSA) is 87.5 Å². The third-order valence-corrected chi connectivity index (χ3v) is 6.70. The van der Waals surface area contributed by atoms with Gasteiger partial charge in [0.05, 0.1) is 0 Å². The van der Waals surface area contributed by atoms with Crippen molar-refractivity contribution in [1.29, 1.82) is 0 Å². The highest BCUT2D eigenvalue weighted by atomic mass is 16.2. The molecule has 0 aromatic carbocycles. The van der Waals surface area contributed by atoms with E-state index in [1.54, 1.807) is 16.7 Å². The largest absolute Gasteiger partial charge is 0.350 e. The number of nitrogens with one attached hydrogen (secondary N) is 3. The van der Waals surface area contributed by atoms with Gasteiger partial charge in [0.1, 0.15) is 17.0 Å². The molecule has 1 saturated heterocycles. The zero-order valence-corrected chi connectivity index (χ0v) is 18.0. The van der Waals surface area contributed by atoms with Gasteiger partial charge in [0.15, 0.2) is 0 Å². The number of fused-ring (bicyclic) bond motifs is 1. The molecule has 30 heavy (non-hydrogen) atoms. The Morgan fingerprint density at radius 3 is 2.80 bits per heavy atom. The SMILES string of the molecule is CC(C)C1CCCC[C@H]1CNC(=O)c1cccc2nc(C(=O)NC3CCNC3)cn12. The molecule has 3 N–H and O–H groups in total. The molecule has 7 nitrogen and oxygen atoms in total. The van der Waals surface area contributed by atoms with Crippen molar-refractivity contribution in [3.8, 4) is 0 Å². The monoisotopic (exact) mass is 411 g/mol. The van der Waals surface area contributed by atoms with Crippen LogP contribution >= 0.6 is 0 Å². The molecule has 2 aliphatic rings. The van der Waals surface area contributed by atoms with Crippen molar-refractivity contribution in [2.24, 2.45) is 17.8 Å². The number of carbonyl (C=O) groups excluding carboxylic acids is 2. The molecule has 0 radical (unpaired) electrons. The van der Waals surface area contributed by atoms with Crippen molar-refractivity contribution in [2.45, 2.75) is 52.0 Å². The summed E-state index contributed by atoms with van der Waals surface area (Å²) in [6.45, 7) is 6.97. The summed E-state index contributed by atoms with van der Waals surface area (Å²) in [6, 6.07) is 5.56. The first-order chi connectivity index (χ1) is 14.5. The number of nitrogens with zero attached hydrogens (tertiary/aromatic N) is 2. The molecule has 2 amide bonds. The summed E-state index contributed by atoms with van der Waals surface area (Å²) in [5.41, 5.74) is 1.46. The second-order valence-corrected chi connectivity index (χ2v) is 9.09. The highest BCUT2D eigenvalue weighted by Gasteiger charge is 2.28. The average Bonchev–Trinajstić information content (AvgIpc) is 3.41. The van der Waals surface area contributed by atoms with Crippen LogP contribution in [0.15, 0.2) is 24.4 Å². The number of amides is 2. The van der Waals surface area contributed by atoms with Crippen molar-refractivity contribution in [2.75, 3.05) is 19.6 Å². The van der Waals surface area contributed by atoms with Crippen LogP contribution in [0, 0.1) is 17.8 Å². The summed E-state index contributed by atoms with van der Waals surface area (Å²) in [6.07, 6.45) is 7.56. The molecule has 1 aliphatic carbocycles. The number of pyridine rings is 1. The van der Waals surface area contributed by atoms with E-state index in [4.69, 9.17) is 0 Å². The lowest BCUT2D eigenvalue weighted by molar-refractivity contribution is 0.0913.